The normalized spacial score (nSPS) is 12.1. The third kappa shape index (κ3) is 8.05. The molecule has 3 aromatic rings. The highest BCUT2D eigenvalue weighted by atomic mass is 32.2. The van der Waals surface area contributed by atoms with Crippen LogP contribution in [-0.4, -0.2) is 56.9 Å². The maximum Gasteiger partial charge on any atom is 0.264 e. The van der Waals surface area contributed by atoms with Crippen LogP contribution in [0.4, 0.5) is 10.1 Å². The molecule has 40 heavy (non-hydrogen) atoms. The Morgan fingerprint density at radius 2 is 1.55 bits per heavy atom. The van der Waals surface area contributed by atoms with E-state index in [-0.39, 0.29) is 29.1 Å². The highest BCUT2D eigenvalue weighted by Gasteiger charge is 2.32. The molecule has 1 N–H and O–H groups in total. The first-order valence-electron chi connectivity index (χ1n) is 13.2. The van der Waals surface area contributed by atoms with Crippen LogP contribution in [0.2, 0.25) is 0 Å². The summed E-state index contributed by atoms with van der Waals surface area (Å²) in [4.78, 5) is 28.1. The molecule has 0 saturated carbocycles. The molecule has 0 heterocycles. The van der Waals surface area contributed by atoms with E-state index < -0.39 is 34.3 Å². The molecule has 0 radical (unpaired) electrons. The van der Waals surface area contributed by atoms with Gasteiger partial charge in [-0.05, 0) is 88.2 Å². The molecule has 0 saturated heterocycles. The van der Waals surface area contributed by atoms with Crippen molar-refractivity contribution in [2.45, 2.75) is 51.1 Å². The summed E-state index contributed by atoms with van der Waals surface area (Å²) in [5.41, 5.74) is 1.08. The molecule has 3 rings (SSSR count). The van der Waals surface area contributed by atoms with Crippen LogP contribution in [0.25, 0.3) is 0 Å². The first kappa shape index (κ1) is 30.6. The number of rotatable bonds is 13. The molecular formula is C30H36FN3O5S. The van der Waals surface area contributed by atoms with E-state index in [2.05, 4.69) is 5.32 Å². The van der Waals surface area contributed by atoms with Crippen LogP contribution >= 0.6 is 0 Å². The number of nitrogens with one attached hydrogen (secondary N) is 1. The molecule has 0 aromatic heterocycles. The van der Waals surface area contributed by atoms with Crippen LogP contribution in [-0.2, 0) is 26.0 Å². The van der Waals surface area contributed by atoms with E-state index in [0.29, 0.717) is 18.8 Å². The second kappa shape index (κ2) is 13.9. The van der Waals surface area contributed by atoms with Crippen LogP contribution in [0.3, 0.4) is 0 Å². The Hall–Kier alpha value is -3.92. The summed E-state index contributed by atoms with van der Waals surface area (Å²) < 4.78 is 47.7. The van der Waals surface area contributed by atoms with Crippen molar-refractivity contribution in [1.29, 1.82) is 0 Å². The molecule has 0 aliphatic carbocycles. The van der Waals surface area contributed by atoms with Crippen molar-refractivity contribution in [3.63, 3.8) is 0 Å². The van der Waals surface area contributed by atoms with E-state index in [0.717, 1.165) is 22.0 Å². The summed E-state index contributed by atoms with van der Waals surface area (Å²) in [7, 11) is -4.25. The lowest BCUT2D eigenvalue weighted by atomic mass is 10.1. The minimum atomic E-state index is -4.25. The Labute approximate surface area is 235 Å². The zero-order valence-corrected chi connectivity index (χ0v) is 24.0. The van der Waals surface area contributed by atoms with Crippen LogP contribution in [0, 0.1) is 5.82 Å². The Balaban J connectivity index is 1.97. The number of sulfonamides is 1. The lowest BCUT2D eigenvalue weighted by Crippen LogP contribution is -2.53. The minimum absolute atomic E-state index is 0.0606. The molecule has 0 spiro atoms. The van der Waals surface area contributed by atoms with E-state index in [4.69, 9.17) is 4.74 Å². The summed E-state index contributed by atoms with van der Waals surface area (Å²) in [6, 6.07) is 19.2. The van der Waals surface area contributed by atoms with Gasteiger partial charge in [0.25, 0.3) is 10.0 Å². The molecule has 3 aromatic carbocycles. The average molecular weight is 570 g/mol. The summed E-state index contributed by atoms with van der Waals surface area (Å²) in [6.45, 7) is 7.10. The average Bonchev–Trinajstić information content (AvgIpc) is 2.93. The van der Waals surface area contributed by atoms with Crippen molar-refractivity contribution < 1.29 is 27.1 Å². The molecule has 1 atom stereocenters. The number of anilines is 1. The van der Waals surface area contributed by atoms with Gasteiger partial charge in [-0.3, -0.25) is 13.9 Å². The number of hydrogen-bond acceptors (Lipinski definition) is 5. The van der Waals surface area contributed by atoms with Gasteiger partial charge in [-0.1, -0.05) is 30.3 Å². The van der Waals surface area contributed by atoms with Crippen LogP contribution in [0.15, 0.2) is 83.8 Å². The van der Waals surface area contributed by atoms with Gasteiger partial charge in [0.15, 0.2) is 0 Å². The van der Waals surface area contributed by atoms with Crippen LogP contribution in [0.5, 0.6) is 5.75 Å². The third-order valence-corrected chi connectivity index (χ3v) is 7.99. The van der Waals surface area contributed by atoms with Crippen molar-refractivity contribution in [3.05, 3.63) is 90.2 Å². The van der Waals surface area contributed by atoms with E-state index in [1.165, 1.54) is 41.3 Å². The van der Waals surface area contributed by atoms with Gasteiger partial charge in [-0.2, -0.15) is 0 Å². The smallest absolute Gasteiger partial charge is 0.264 e. The molecule has 10 heteroatoms. The van der Waals surface area contributed by atoms with E-state index in [1.54, 1.807) is 6.92 Å². The molecular weight excluding hydrogens is 533 g/mol. The molecule has 0 bridgehead atoms. The monoisotopic (exact) mass is 569 g/mol. The summed E-state index contributed by atoms with van der Waals surface area (Å²) in [6.07, 6.45) is 0.466. The zero-order valence-electron chi connectivity index (χ0n) is 23.2. The van der Waals surface area contributed by atoms with Crippen molar-refractivity contribution in [2.75, 3.05) is 24.0 Å². The Morgan fingerprint density at radius 3 is 2.12 bits per heavy atom. The maximum absolute atomic E-state index is 13.8. The predicted octanol–water partition coefficient (Wildman–Crippen LogP) is 4.40. The molecule has 2 amide bonds. The summed E-state index contributed by atoms with van der Waals surface area (Å²) >= 11 is 0. The Morgan fingerprint density at radius 1 is 0.925 bits per heavy atom. The molecule has 0 fully saturated rings. The molecule has 0 aliphatic rings. The number of amides is 2. The quantitative estimate of drug-likeness (QED) is 0.329. The Kier molecular flexibility index (Phi) is 10.7. The Bertz CT molecular complexity index is 1360. The zero-order chi connectivity index (χ0) is 29.3. The maximum atomic E-state index is 13.8. The molecule has 0 aliphatic heterocycles. The highest BCUT2D eigenvalue weighted by molar-refractivity contribution is 7.92. The summed E-state index contributed by atoms with van der Waals surface area (Å²) in [5, 5.41) is 2.82. The number of carbonyl (C=O) groups is 2. The van der Waals surface area contributed by atoms with Crippen molar-refractivity contribution in [2.24, 2.45) is 0 Å². The number of benzene rings is 3. The standard InChI is InChI=1S/C30H36FN3O5S/c1-5-39-27-15-17-28(18-16-27)40(37,38)34(26-13-11-25(31)12-14-26)21-29(35)33(23(4)30(36)32-22(2)3)20-19-24-9-7-6-8-10-24/h6-18,22-23H,5,19-21H2,1-4H3,(H,32,36)/t23-/m0/s1. The first-order valence-corrected chi connectivity index (χ1v) is 14.6. The van der Waals surface area contributed by atoms with Crippen molar-refractivity contribution >= 4 is 27.5 Å². The lowest BCUT2D eigenvalue weighted by molar-refractivity contribution is -0.139. The number of nitrogens with zero attached hydrogens (tertiary/aromatic N) is 2. The van der Waals surface area contributed by atoms with Crippen molar-refractivity contribution in [3.8, 4) is 5.75 Å². The predicted molar refractivity (Wildman–Crippen MR) is 153 cm³/mol. The third-order valence-electron chi connectivity index (χ3n) is 6.20. The number of hydrogen-bond donors (Lipinski definition) is 1. The van der Waals surface area contributed by atoms with E-state index >= 15 is 0 Å². The number of carbonyl (C=O) groups excluding carboxylic acids is 2. The van der Waals surface area contributed by atoms with Gasteiger partial charge < -0.3 is 15.0 Å². The van der Waals surface area contributed by atoms with Crippen molar-refractivity contribution in [1.82, 2.24) is 10.2 Å². The van der Waals surface area contributed by atoms with Gasteiger partial charge in [0.2, 0.25) is 11.8 Å². The van der Waals surface area contributed by atoms with Gasteiger partial charge in [0, 0.05) is 12.6 Å². The largest absolute Gasteiger partial charge is 0.494 e. The second-order valence-electron chi connectivity index (χ2n) is 9.55. The van der Waals surface area contributed by atoms with Gasteiger partial charge in [0.1, 0.15) is 24.2 Å². The van der Waals surface area contributed by atoms with Gasteiger partial charge in [0.05, 0.1) is 17.2 Å². The fourth-order valence-corrected chi connectivity index (χ4v) is 5.53. The van der Waals surface area contributed by atoms with Gasteiger partial charge in [-0.25, -0.2) is 12.8 Å². The lowest BCUT2D eigenvalue weighted by Gasteiger charge is -2.32. The fraction of sp³-hybridized carbons (Fsp3) is 0.333. The minimum Gasteiger partial charge on any atom is -0.494 e. The van der Waals surface area contributed by atoms with E-state index in [9.17, 15) is 22.4 Å². The highest BCUT2D eigenvalue weighted by Crippen LogP contribution is 2.26. The van der Waals surface area contributed by atoms with Gasteiger partial charge >= 0.3 is 0 Å². The molecule has 0 unspecified atom stereocenters. The van der Waals surface area contributed by atoms with Crippen LogP contribution in [0.1, 0.15) is 33.3 Å². The fourth-order valence-electron chi connectivity index (χ4n) is 4.11. The second-order valence-corrected chi connectivity index (χ2v) is 11.4. The number of halogens is 1. The van der Waals surface area contributed by atoms with Gasteiger partial charge in [-0.15, -0.1) is 0 Å². The first-order chi connectivity index (χ1) is 19.0. The van der Waals surface area contributed by atoms with Crippen LogP contribution < -0.4 is 14.4 Å². The summed E-state index contributed by atoms with van der Waals surface area (Å²) in [5.74, 6) is -0.958. The topological polar surface area (TPSA) is 96.0 Å². The molecule has 214 valence electrons. The molecule has 8 nitrogen and oxygen atoms in total. The number of ether oxygens (including phenoxy) is 1. The SMILES string of the molecule is CCOc1ccc(S(=O)(=O)N(CC(=O)N(CCc2ccccc2)[C@@H](C)C(=O)NC(C)C)c2ccc(F)cc2)cc1. The van der Waals surface area contributed by atoms with E-state index in [1.807, 2.05) is 51.1 Å².